The second-order valence-corrected chi connectivity index (χ2v) is 37.2. The van der Waals surface area contributed by atoms with Crippen LogP contribution in [0.4, 0.5) is 0 Å². The van der Waals surface area contributed by atoms with E-state index in [1.165, 1.54) is 246 Å². The molecule has 550 valence electrons. The average molecular weight is 1570 g/mol. The average Bonchev–Trinajstić information content (AvgIpc) is 1.53. The lowest BCUT2D eigenvalue weighted by atomic mass is 9.82. The Labute approximate surface area is 687 Å². The van der Waals surface area contributed by atoms with Crippen molar-refractivity contribution < 1.29 is 0 Å². The number of thiophene rings is 6. The summed E-state index contributed by atoms with van der Waals surface area (Å²) < 4.78 is 17.0. The van der Waals surface area contributed by atoms with E-state index < -0.39 is 0 Å². The normalized spacial score (nSPS) is 12.6. The van der Waals surface area contributed by atoms with Crippen LogP contribution in [0, 0.1) is 41.5 Å². The number of aryl methyl sites for hydroxylation is 6. The van der Waals surface area contributed by atoms with Crippen LogP contribution in [0.25, 0.3) is 186 Å². The topological polar surface area (TPSA) is 0 Å². The second-order valence-electron chi connectivity index (χ2n) is 30.9. The molecule has 0 aliphatic heterocycles. The molecule has 0 radical (unpaired) electrons. The maximum atomic E-state index is 2.50. The van der Waals surface area contributed by atoms with Gasteiger partial charge >= 0.3 is 0 Å². The Morgan fingerprint density at radius 2 is 0.632 bits per heavy atom. The van der Waals surface area contributed by atoms with Crippen molar-refractivity contribution in [3.63, 3.8) is 0 Å². The summed E-state index contributed by atoms with van der Waals surface area (Å²) in [4.78, 5) is 0. The van der Waals surface area contributed by atoms with Gasteiger partial charge in [-0.1, -0.05) is 286 Å². The molecular weight excluding hydrogens is 1490 g/mol. The molecule has 24 aromatic rings. The molecule has 0 bridgehead atoms. The number of rotatable bonds is 1. The summed E-state index contributed by atoms with van der Waals surface area (Å²) in [5.41, 5.74) is 9.87. The quantitative estimate of drug-likeness (QED) is 0.154. The van der Waals surface area contributed by atoms with Gasteiger partial charge < -0.3 is 0 Å². The first-order valence-corrected chi connectivity index (χ1v) is 44.8. The minimum absolute atomic E-state index is 0.750. The molecule has 0 amide bonds. The van der Waals surface area contributed by atoms with Gasteiger partial charge in [0.1, 0.15) is 0 Å². The molecule has 114 heavy (non-hydrogen) atoms. The summed E-state index contributed by atoms with van der Waals surface area (Å²) in [6, 6.07) is 117. The van der Waals surface area contributed by atoms with Gasteiger partial charge in [-0.15, -0.1) is 68.0 Å². The van der Waals surface area contributed by atoms with E-state index in [0.29, 0.717) is 0 Å². The van der Waals surface area contributed by atoms with Gasteiger partial charge in [-0.3, -0.25) is 0 Å². The van der Waals surface area contributed by atoms with Crippen LogP contribution in [0.1, 0.15) is 77.0 Å². The van der Waals surface area contributed by atoms with E-state index in [2.05, 4.69) is 363 Å². The van der Waals surface area contributed by atoms with Crippen molar-refractivity contribution in [1.82, 2.24) is 0 Å². The third kappa shape index (κ3) is 13.0. The minimum atomic E-state index is 0.750. The lowest BCUT2D eigenvalue weighted by molar-refractivity contribution is 0.446. The zero-order valence-corrected chi connectivity index (χ0v) is 69.6. The fourth-order valence-electron chi connectivity index (χ4n) is 18.0. The fourth-order valence-corrected chi connectivity index (χ4v) is 25.3. The molecule has 6 aromatic heterocycles. The molecule has 0 N–H and O–H groups in total. The van der Waals surface area contributed by atoms with E-state index in [-0.39, 0.29) is 0 Å². The summed E-state index contributed by atoms with van der Waals surface area (Å²) in [5.74, 6) is 0.750. The number of hydrogen-bond acceptors (Lipinski definition) is 6. The first-order valence-electron chi connectivity index (χ1n) is 39.9. The highest BCUT2D eigenvalue weighted by atomic mass is 32.1. The Balaban J connectivity index is 0.0000000890. The molecule has 18 aromatic carbocycles. The van der Waals surface area contributed by atoms with Gasteiger partial charge in [0.05, 0.1) is 0 Å². The maximum absolute atomic E-state index is 2.50. The minimum Gasteiger partial charge on any atom is -0.135 e. The Morgan fingerprint density at radius 1 is 0.202 bits per heavy atom. The summed E-state index contributed by atoms with van der Waals surface area (Å²) in [6.07, 6.45) is 6.92. The van der Waals surface area contributed by atoms with Crippen LogP contribution < -0.4 is 0 Å². The molecular formula is C108H82S6. The van der Waals surface area contributed by atoms with Gasteiger partial charge in [0.15, 0.2) is 0 Å². The molecule has 0 saturated heterocycles. The highest BCUT2D eigenvalue weighted by Gasteiger charge is 2.23. The fraction of sp³-hybridized carbons (Fsp3) is 0.111. The van der Waals surface area contributed by atoms with Crippen molar-refractivity contribution in [3.05, 3.63) is 360 Å². The van der Waals surface area contributed by atoms with Crippen LogP contribution in [0.3, 0.4) is 0 Å². The van der Waals surface area contributed by atoms with Gasteiger partial charge in [-0.2, -0.15) is 0 Å². The molecule has 6 heteroatoms. The summed E-state index contributed by atoms with van der Waals surface area (Å²) in [5, 5.41) is 33.2. The van der Waals surface area contributed by atoms with Crippen molar-refractivity contribution in [3.8, 4) is 0 Å². The highest BCUT2D eigenvalue weighted by molar-refractivity contribution is 7.28. The van der Waals surface area contributed by atoms with Crippen molar-refractivity contribution in [2.45, 2.75) is 79.6 Å². The molecule has 1 aliphatic carbocycles. The predicted octanol–water partition coefficient (Wildman–Crippen LogP) is 35.1. The Bertz CT molecular complexity index is 7830. The Kier molecular flexibility index (Phi) is 19.1. The zero-order valence-electron chi connectivity index (χ0n) is 64.7. The first-order chi connectivity index (χ1) is 56.0. The van der Waals surface area contributed by atoms with E-state index in [0.717, 1.165) is 5.92 Å². The molecule has 1 fully saturated rings. The Hall–Kier alpha value is -11.2. The number of benzene rings is 18. The standard InChI is InChI=1S/C23H22S.5C17H12S/c1-15-11-12-21-20(13-15)22-18-10-6-5-9-17(18)14-19(23(22)24-21)16-7-3-2-4-8-16;1-11-5-4-8-14-15-9-12-6-2-3-7-13(12)10-16(15)18-17(11)14;1-11-5-4-8-14-16-13-7-3-2-6-12(13)9-10-15(16)18-17(11)14;1-11-5-4-8-14-15-10-9-12-6-2-3-7-13(12)17(15)18-16(11)14;1-11-13-7-3-2-6-12(13)10-15-14-8-4-5-9-16(14)18-17(11)15;1-11-10-12-6-2-3-7-13(12)16-14-8-4-5-9-15(14)18-17(11)16/h5-6,9-14,16H,2-4,7-8H2,1H3;5*2-10H,1H3. The summed E-state index contributed by atoms with van der Waals surface area (Å²) >= 11 is 11.5. The third-order valence-electron chi connectivity index (χ3n) is 23.6. The van der Waals surface area contributed by atoms with Gasteiger partial charge in [0, 0.05) is 121 Å². The maximum Gasteiger partial charge on any atom is 0.0433 e. The monoisotopic (exact) mass is 1570 g/mol. The largest absolute Gasteiger partial charge is 0.135 e. The molecule has 1 aliphatic rings. The molecule has 0 spiro atoms. The molecule has 6 heterocycles. The van der Waals surface area contributed by atoms with E-state index in [1.54, 1.807) is 10.3 Å². The highest BCUT2D eigenvalue weighted by Crippen LogP contribution is 2.49. The predicted molar refractivity (Wildman–Crippen MR) is 515 cm³/mol. The number of fused-ring (bicyclic) bond motifs is 28. The molecule has 25 rings (SSSR count). The van der Waals surface area contributed by atoms with Crippen molar-refractivity contribution in [2.75, 3.05) is 0 Å². The molecule has 0 unspecified atom stereocenters. The van der Waals surface area contributed by atoms with Crippen LogP contribution in [-0.2, 0) is 0 Å². The van der Waals surface area contributed by atoms with Gasteiger partial charge in [-0.05, 0) is 219 Å². The van der Waals surface area contributed by atoms with E-state index in [9.17, 15) is 0 Å². The van der Waals surface area contributed by atoms with E-state index in [1.807, 2.05) is 68.0 Å². The summed E-state index contributed by atoms with van der Waals surface area (Å²) in [7, 11) is 0. The molecule has 0 atom stereocenters. The smallest absolute Gasteiger partial charge is 0.0433 e. The third-order valence-corrected chi connectivity index (χ3v) is 31.5. The second kappa shape index (κ2) is 30.3. The van der Waals surface area contributed by atoms with Crippen LogP contribution in [-0.4, -0.2) is 0 Å². The Morgan fingerprint density at radius 3 is 1.32 bits per heavy atom. The van der Waals surface area contributed by atoms with E-state index in [4.69, 9.17) is 0 Å². The number of hydrogen-bond donors (Lipinski definition) is 0. The van der Waals surface area contributed by atoms with Crippen molar-refractivity contribution >= 4 is 254 Å². The van der Waals surface area contributed by atoms with Gasteiger partial charge in [0.25, 0.3) is 0 Å². The first kappa shape index (κ1) is 71.8. The zero-order chi connectivity index (χ0) is 76.7. The van der Waals surface area contributed by atoms with Crippen LogP contribution in [0.15, 0.2) is 322 Å². The van der Waals surface area contributed by atoms with Gasteiger partial charge in [0.2, 0.25) is 0 Å². The lowest BCUT2D eigenvalue weighted by Gasteiger charge is -2.23. The van der Waals surface area contributed by atoms with E-state index >= 15 is 0 Å². The van der Waals surface area contributed by atoms with Crippen molar-refractivity contribution in [1.29, 1.82) is 0 Å². The van der Waals surface area contributed by atoms with Crippen LogP contribution in [0.5, 0.6) is 0 Å². The lowest BCUT2D eigenvalue weighted by Crippen LogP contribution is -2.04. The molecule has 1 saturated carbocycles. The van der Waals surface area contributed by atoms with Crippen LogP contribution >= 0.6 is 68.0 Å². The van der Waals surface area contributed by atoms with Gasteiger partial charge in [-0.25, -0.2) is 0 Å². The van der Waals surface area contributed by atoms with Crippen LogP contribution in [0.2, 0.25) is 0 Å². The molecule has 0 nitrogen and oxygen atoms in total. The van der Waals surface area contributed by atoms with Crippen molar-refractivity contribution in [2.24, 2.45) is 0 Å². The summed E-state index contributed by atoms with van der Waals surface area (Å²) in [6.45, 7) is 13.2. The SMILES string of the molecule is Cc1c2ccccc2cc2c1sc1ccccc12.Cc1cc2ccccc2c2c1sc1ccccc12.Cc1ccc2sc3c(C4CCCCC4)cc4ccccc4c3c2c1.Cc1cccc2c1sc1c3ccccc3ccc21.Cc1cccc2c1sc1cc3ccccc3cc12.Cc1cccc2c1sc1ccc3ccccc3c12.